The van der Waals surface area contributed by atoms with Gasteiger partial charge in [0.15, 0.2) is 0 Å². The Kier molecular flexibility index (Phi) is 6.46. The maximum atomic E-state index is 13.0. The summed E-state index contributed by atoms with van der Waals surface area (Å²) in [5.41, 5.74) is 0.503. The van der Waals surface area contributed by atoms with Crippen LogP contribution in [0, 0.1) is 0 Å². The number of amides is 1. The predicted octanol–water partition coefficient (Wildman–Crippen LogP) is 2.65. The van der Waals surface area contributed by atoms with Gasteiger partial charge in [0.2, 0.25) is 0 Å². The molecule has 0 radical (unpaired) electrons. The van der Waals surface area contributed by atoms with E-state index in [1.165, 1.54) is 7.11 Å². The van der Waals surface area contributed by atoms with Gasteiger partial charge in [0.25, 0.3) is 5.91 Å². The van der Waals surface area contributed by atoms with E-state index in [-0.39, 0.29) is 24.3 Å². The normalized spacial score (nSPS) is 14.3. The van der Waals surface area contributed by atoms with E-state index in [0.717, 1.165) is 25.7 Å². The van der Waals surface area contributed by atoms with Crippen molar-refractivity contribution in [3.63, 3.8) is 0 Å². The number of nitrogens with zero attached hydrogens (tertiary/aromatic N) is 1. The highest BCUT2D eigenvalue weighted by Crippen LogP contribution is 2.28. The molecule has 6 heteroatoms. The summed E-state index contributed by atoms with van der Waals surface area (Å²) in [4.78, 5) is 26.3. The van der Waals surface area contributed by atoms with Gasteiger partial charge in [-0.1, -0.05) is 12.8 Å². The molecule has 0 aromatic heterocycles. The van der Waals surface area contributed by atoms with Gasteiger partial charge in [-0.25, -0.2) is 0 Å². The molecule has 0 unspecified atom stereocenters. The molecule has 24 heavy (non-hydrogen) atoms. The summed E-state index contributed by atoms with van der Waals surface area (Å²) < 4.78 is 15.2. The molecule has 1 aromatic carbocycles. The fourth-order valence-corrected chi connectivity index (χ4v) is 3.08. The number of hydrogen-bond acceptors (Lipinski definition) is 5. The van der Waals surface area contributed by atoms with Crippen molar-refractivity contribution in [2.24, 2.45) is 0 Å². The van der Waals surface area contributed by atoms with E-state index >= 15 is 0 Å². The Labute approximate surface area is 142 Å². The quantitative estimate of drug-likeness (QED) is 0.717. The number of ether oxygens (including phenoxy) is 3. The van der Waals surface area contributed by atoms with Crippen LogP contribution in [0.3, 0.4) is 0 Å². The van der Waals surface area contributed by atoms with Gasteiger partial charge in [-0.15, -0.1) is 0 Å². The van der Waals surface area contributed by atoms with Crippen LogP contribution in [0.4, 0.5) is 0 Å². The minimum absolute atomic E-state index is 0.108. The number of hydrogen-bond donors (Lipinski definition) is 0. The Balaban J connectivity index is 2.24. The Hall–Kier alpha value is -2.24. The Bertz CT molecular complexity index is 559. The summed E-state index contributed by atoms with van der Waals surface area (Å²) in [5, 5.41) is 0. The number of esters is 1. The smallest absolute Gasteiger partial charge is 0.307 e. The molecule has 0 saturated heterocycles. The van der Waals surface area contributed by atoms with E-state index in [0.29, 0.717) is 23.6 Å². The summed E-state index contributed by atoms with van der Waals surface area (Å²) >= 11 is 0. The maximum Gasteiger partial charge on any atom is 0.307 e. The molecule has 1 saturated carbocycles. The highest BCUT2D eigenvalue weighted by molar-refractivity contribution is 5.95. The predicted molar refractivity (Wildman–Crippen MR) is 89.5 cm³/mol. The van der Waals surface area contributed by atoms with E-state index in [1.54, 1.807) is 37.3 Å². The fourth-order valence-electron chi connectivity index (χ4n) is 3.08. The topological polar surface area (TPSA) is 65.1 Å². The molecule has 0 N–H and O–H groups in total. The number of carbonyl (C=O) groups excluding carboxylic acids is 2. The highest BCUT2D eigenvalue weighted by Gasteiger charge is 2.28. The molecular weight excluding hydrogens is 310 g/mol. The van der Waals surface area contributed by atoms with Crippen LogP contribution in [-0.2, 0) is 9.53 Å². The van der Waals surface area contributed by atoms with Gasteiger partial charge < -0.3 is 19.1 Å². The molecule has 0 atom stereocenters. The molecule has 1 aliphatic carbocycles. The molecule has 1 fully saturated rings. The van der Waals surface area contributed by atoms with E-state index in [4.69, 9.17) is 14.2 Å². The molecule has 1 amide bonds. The Morgan fingerprint density at radius 1 is 1.04 bits per heavy atom. The standard InChI is InChI=1S/C18H25NO5/c1-22-15-10-13(11-16(12-15)23-2)18(21)19(9-8-17(20)24-3)14-6-4-5-7-14/h10-12,14H,4-9H2,1-3H3. The van der Waals surface area contributed by atoms with Crippen molar-refractivity contribution in [2.75, 3.05) is 27.9 Å². The van der Waals surface area contributed by atoms with Gasteiger partial charge in [-0.05, 0) is 25.0 Å². The first kappa shape index (κ1) is 18.1. The van der Waals surface area contributed by atoms with Crippen molar-refractivity contribution in [2.45, 2.75) is 38.1 Å². The zero-order valence-corrected chi connectivity index (χ0v) is 14.5. The SMILES string of the molecule is COC(=O)CCN(C(=O)c1cc(OC)cc(OC)c1)C1CCCC1. The summed E-state index contributed by atoms with van der Waals surface area (Å²) in [6.07, 6.45) is 4.34. The third kappa shape index (κ3) is 4.40. The van der Waals surface area contributed by atoms with Crippen LogP contribution in [0.2, 0.25) is 0 Å². The molecule has 0 bridgehead atoms. The van der Waals surface area contributed by atoms with E-state index in [2.05, 4.69) is 0 Å². The van der Waals surface area contributed by atoms with Crippen LogP contribution in [0.5, 0.6) is 11.5 Å². The van der Waals surface area contributed by atoms with Gasteiger partial charge in [-0.2, -0.15) is 0 Å². The molecule has 1 aliphatic rings. The van der Waals surface area contributed by atoms with Crippen LogP contribution >= 0.6 is 0 Å². The zero-order valence-electron chi connectivity index (χ0n) is 14.5. The van der Waals surface area contributed by atoms with Gasteiger partial charge in [-0.3, -0.25) is 9.59 Å². The van der Waals surface area contributed by atoms with Crippen molar-refractivity contribution in [1.29, 1.82) is 0 Å². The minimum Gasteiger partial charge on any atom is -0.497 e. The van der Waals surface area contributed by atoms with E-state index in [9.17, 15) is 9.59 Å². The number of methoxy groups -OCH3 is 3. The number of benzene rings is 1. The summed E-state index contributed by atoms with van der Waals surface area (Å²) in [6, 6.07) is 5.29. The molecule has 0 heterocycles. The molecule has 2 rings (SSSR count). The summed E-state index contributed by atoms with van der Waals surface area (Å²) in [5.74, 6) is 0.714. The summed E-state index contributed by atoms with van der Waals surface area (Å²) in [7, 11) is 4.46. The molecular formula is C18H25NO5. The van der Waals surface area contributed by atoms with Gasteiger partial charge >= 0.3 is 5.97 Å². The lowest BCUT2D eigenvalue weighted by Crippen LogP contribution is -2.40. The highest BCUT2D eigenvalue weighted by atomic mass is 16.5. The van der Waals surface area contributed by atoms with Gasteiger partial charge in [0.05, 0.1) is 27.8 Å². The molecule has 6 nitrogen and oxygen atoms in total. The molecule has 1 aromatic rings. The lowest BCUT2D eigenvalue weighted by atomic mass is 10.1. The number of rotatable bonds is 7. The van der Waals surface area contributed by atoms with E-state index in [1.807, 2.05) is 0 Å². The lowest BCUT2D eigenvalue weighted by Gasteiger charge is -2.29. The Morgan fingerprint density at radius 3 is 2.12 bits per heavy atom. The van der Waals surface area contributed by atoms with Crippen LogP contribution in [0.25, 0.3) is 0 Å². The molecule has 132 valence electrons. The second kappa shape index (κ2) is 8.57. The molecule has 0 aliphatic heterocycles. The summed E-state index contributed by atoms with van der Waals surface area (Å²) in [6.45, 7) is 0.357. The second-order valence-electron chi connectivity index (χ2n) is 5.86. The number of carbonyl (C=O) groups is 2. The average molecular weight is 335 g/mol. The van der Waals surface area contributed by atoms with Crippen molar-refractivity contribution in [3.8, 4) is 11.5 Å². The molecule has 0 spiro atoms. The first-order chi connectivity index (χ1) is 11.6. The first-order valence-electron chi connectivity index (χ1n) is 8.20. The zero-order chi connectivity index (χ0) is 17.5. The third-order valence-electron chi connectivity index (χ3n) is 4.41. The second-order valence-corrected chi connectivity index (χ2v) is 5.86. The van der Waals surface area contributed by atoms with Crippen molar-refractivity contribution < 1.29 is 23.8 Å². The van der Waals surface area contributed by atoms with Crippen LogP contribution in [-0.4, -0.2) is 50.7 Å². The average Bonchev–Trinajstić information content (AvgIpc) is 3.15. The van der Waals surface area contributed by atoms with E-state index < -0.39 is 0 Å². The fraction of sp³-hybridized carbons (Fsp3) is 0.556. The van der Waals surface area contributed by atoms with Gasteiger partial charge in [0.1, 0.15) is 11.5 Å². The minimum atomic E-state index is -0.311. The monoisotopic (exact) mass is 335 g/mol. The lowest BCUT2D eigenvalue weighted by molar-refractivity contribution is -0.140. The largest absolute Gasteiger partial charge is 0.497 e. The van der Waals surface area contributed by atoms with Crippen LogP contribution in [0.15, 0.2) is 18.2 Å². The van der Waals surface area contributed by atoms with Crippen LogP contribution in [0.1, 0.15) is 42.5 Å². The van der Waals surface area contributed by atoms with Gasteiger partial charge in [0, 0.05) is 24.2 Å². The maximum absolute atomic E-state index is 13.0. The first-order valence-corrected chi connectivity index (χ1v) is 8.20. The van der Waals surface area contributed by atoms with Crippen molar-refractivity contribution in [3.05, 3.63) is 23.8 Å². The van der Waals surface area contributed by atoms with Crippen LogP contribution < -0.4 is 9.47 Å². The third-order valence-corrected chi connectivity index (χ3v) is 4.41. The van der Waals surface area contributed by atoms with Crippen molar-refractivity contribution in [1.82, 2.24) is 4.90 Å². The van der Waals surface area contributed by atoms with Crippen molar-refractivity contribution >= 4 is 11.9 Å². The Morgan fingerprint density at radius 2 is 1.62 bits per heavy atom.